The number of ether oxygens (including phenoxy) is 2. The maximum atomic E-state index is 6.17. The minimum atomic E-state index is 0.714. The van der Waals surface area contributed by atoms with Crippen molar-refractivity contribution < 1.29 is 9.47 Å². The molecular weight excluding hydrogens is 925 g/mol. The van der Waals surface area contributed by atoms with Crippen LogP contribution in [0.4, 0.5) is 34.1 Å². The molecule has 0 aliphatic rings. The first-order valence-electron chi connectivity index (χ1n) is 27.2. The molecule has 370 valence electrons. The highest BCUT2D eigenvalue weighted by atomic mass is 16.5. The van der Waals surface area contributed by atoms with Crippen molar-refractivity contribution in [3.63, 3.8) is 0 Å². The summed E-state index contributed by atoms with van der Waals surface area (Å²) < 4.78 is 12.3. The SMILES string of the molecule is CCCCOc1ccc(N(c2ccc(C)cc2)c2ccc3c4c(-c5ccccc5)c5c6cccc7c(N(c8ccc(C)cc8)c8ccc(OCCCC)cc8)ccc(c5c(-c5ccccc5)c4c4cccc2c43)c76)cc1. The molecule has 0 bridgehead atoms. The fraction of sp³-hybridized carbons (Fsp3) is 0.139. The van der Waals surface area contributed by atoms with Crippen LogP contribution >= 0.6 is 0 Å². The maximum absolute atomic E-state index is 6.17. The second-order valence-electron chi connectivity index (χ2n) is 20.4. The van der Waals surface area contributed by atoms with Crippen molar-refractivity contribution in [2.75, 3.05) is 23.0 Å². The van der Waals surface area contributed by atoms with E-state index in [1.165, 1.54) is 98.0 Å². The molecule has 0 atom stereocenters. The summed E-state index contributed by atoms with van der Waals surface area (Å²) in [5.41, 5.74) is 14.0. The Labute approximate surface area is 445 Å². The van der Waals surface area contributed by atoms with Gasteiger partial charge in [-0.05, 0) is 188 Å². The van der Waals surface area contributed by atoms with Crippen molar-refractivity contribution in [3.05, 3.63) is 230 Å². The molecule has 0 amide bonds. The van der Waals surface area contributed by atoms with Gasteiger partial charge in [0.15, 0.2) is 0 Å². The summed E-state index contributed by atoms with van der Waals surface area (Å²) in [5, 5.41) is 15.1. The number of hydrogen-bond acceptors (Lipinski definition) is 4. The van der Waals surface area contributed by atoms with Gasteiger partial charge in [0.2, 0.25) is 0 Å². The van der Waals surface area contributed by atoms with E-state index >= 15 is 0 Å². The number of rotatable bonds is 16. The quantitative estimate of drug-likeness (QED) is 0.0901. The molecule has 13 aromatic carbocycles. The van der Waals surface area contributed by atoms with E-state index in [4.69, 9.17) is 9.47 Å². The molecule has 13 rings (SSSR count). The molecule has 0 unspecified atom stereocenters. The predicted octanol–water partition coefficient (Wildman–Crippen LogP) is 20.7. The molecule has 0 saturated carbocycles. The lowest BCUT2D eigenvalue weighted by molar-refractivity contribution is 0.309. The van der Waals surface area contributed by atoms with Crippen LogP contribution in [0.25, 0.3) is 86.9 Å². The van der Waals surface area contributed by atoms with Gasteiger partial charge in [0.05, 0.1) is 24.6 Å². The number of nitrogens with zero attached hydrogens (tertiary/aromatic N) is 2. The minimum Gasteiger partial charge on any atom is -0.494 e. The van der Waals surface area contributed by atoms with Gasteiger partial charge < -0.3 is 19.3 Å². The summed E-state index contributed by atoms with van der Waals surface area (Å²) in [5.74, 6) is 1.78. The summed E-state index contributed by atoms with van der Waals surface area (Å²) in [6.07, 6.45) is 4.26. The molecule has 13 aromatic rings. The molecule has 76 heavy (non-hydrogen) atoms. The molecule has 0 saturated heterocycles. The monoisotopic (exact) mass is 984 g/mol. The first-order valence-corrected chi connectivity index (χ1v) is 27.2. The normalized spacial score (nSPS) is 11.7. The Morgan fingerprint density at radius 3 is 0.987 bits per heavy atom. The molecule has 0 aliphatic carbocycles. The third-order valence-electron chi connectivity index (χ3n) is 15.5. The van der Waals surface area contributed by atoms with Crippen LogP contribution in [-0.2, 0) is 0 Å². The lowest BCUT2D eigenvalue weighted by atomic mass is 9.87. The third-order valence-corrected chi connectivity index (χ3v) is 15.5. The van der Waals surface area contributed by atoms with Crippen molar-refractivity contribution in [3.8, 4) is 33.8 Å². The van der Waals surface area contributed by atoms with Gasteiger partial charge in [-0.2, -0.15) is 0 Å². The highest BCUT2D eigenvalue weighted by Crippen LogP contribution is 2.57. The smallest absolute Gasteiger partial charge is 0.119 e. The topological polar surface area (TPSA) is 24.9 Å². The Balaban J connectivity index is 1.11. The van der Waals surface area contributed by atoms with E-state index < -0.39 is 0 Å². The average Bonchev–Trinajstić information content (AvgIpc) is 4.07. The predicted molar refractivity (Wildman–Crippen MR) is 324 cm³/mol. The Kier molecular flexibility index (Phi) is 12.2. The number of anilines is 6. The Morgan fingerprint density at radius 2 is 0.632 bits per heavy atom. The van der Waals surface area contributed by atoms with Gasteiger partial charge in [0.1, 0.15) is 11.5 Å². The zero-order chi connectivity index (χ0) is 51.3. The number of unbranched alkanes of at least 4 members (excludes halogenated alkanes) is 2. The van der Waals surface area contributed by atoms with E-state index in [1.54, 1.807) is 0 Å². The van der Waals surface area contributed by atoms with E-state index in [-0.39, 0.29) is 0 Å². The molecule has 0 heterocycles. The first kappa shape index (κ1) is 46.9. The largest absolute Gasteiger partial charge is 0.494 e. The summed E-state index contributed by atoms with van der Waals surface area (Å²) in [4.78, 5) is 4.84. The van der Waals surface area contributed by atoms with Gasteiger partial charge >= 0.3 is 0 Å². The highest BCUT2D eigenvalue weighted by molar-refractivity contribution is 6.47. The fourth-order valence-electron chi connectivity index (χ4n) is 11.9. The van der Waals surface area contributed by atoms with Crippen LogP contribution in [0, 0.1) is 13.8 Å². The summed E-state index contributed by atoms with van der Waals surface area (Å²) in [6, 6.07) is 80.9. The zero-order valence-corrected chi connectivity index (χ0v) is 43.7. The number of aryl methyl sites for hydroxylation is 2. The van der Waals surface area contributed by atoms with Crippen molar-refractivity contribution in [2.24, 2.45) is 0 Å². The van der Waals surface area contributed by atoms with Gasteiger partial charge in [-0.3, -0.25) is 0 Å². The number of benzene rings is 11. The Hall–Kier alpha value is -8.86. The van der Waals surface area contributed by atoms with Crippen molar-refractivity contribution in [1.29, 1.82) is 0 Å². The van der Waals surface area contributed by atoms with Crippen LogP contribution < -0.4 is 19.3 Å². The molecule has 0 aliphatic heterocycles. The van der Waals surface area contributed by atoms with Gasteiger partial charge in [-0.1, -0.05) is 171 Å². The van der Waals surface area contributed by atoms with E-state index in [2.05, 4.69) is 256 Å². The lowest BCUT2D eigenvalue weighted by Gasteiger charge is -2.27. The first-order chi connectivity index (χ1) is 37.5. The minimum absolute atomic E-state index is 0.714. The summed E-state index contributed by atoms with van der Waals surface area (Å²) >= 11 is 0. The molecule has 0 aromatic heterocycles. The Bertz CT molecular complexity index is 3840. The third kappa shape index (κ3) is 7.99. The van der Waals surface area contributed by atoms with E-state index in [9.17, 15) is 0 Å². The van der Waals surface area contributed by atoms with Crippen LogP contribution in [0.2, 0.25) is 0 Å². The molecule has 0 N–H and O–H groups in total. The van der Waals surface area contributed by atoms with E-state index in [0.717, 1.165) is 71.3 Å². The van der Waals surface area contributed by atoms with E-state index in [1.807, 2.05) is 0 Å². The van der Waals surface area contributed by atoms with Crippen LogP contribution in [0.5, 0.6) is 11.5 Å². The second kappa shape index (κ2) is 19.8. The van der Waals surface area contributed by atoms with Crippen LogP contribution in [0.1, 0.15) is 50.7 Å². The van der Waals surface area contributed by atoms with Crippen molar-refractivity contribution >= 4 is 98.8 Å². The Morgan fingerprint density at radius 1 is 0.303 bits per heavy atom. The van der Waals surface area contributed by atoms with Gasteiger partial charge in [0.25, 0.3) is 0 Å². The lowest BCUT2D eigenvalue weighted by Crippen LogP contribution is -2.10. The second-order valence-corrected chi connectivity index (χ2v) is 20.4. The van der Waals surface area contributed by atoms with Crippen molar-refractivity contribution in [1.82, 2.24) is 0 Å². The average molecular weight is 985 g/mol. The fourth-order valence-corrected chi connectivity index (χ4v) is 11.9. The van der Waals surface area contributed by atoms with Gasteiger partial charge in [-0.15, -0.1) is 0 Å². The van der Waals surface area contributed by atoms with Crippen LogP contribution in [0.3, 0.4) is 0 Å². The molecule has 0 spiro atoms. The molecule has 0 radical (unpaired) electrons. The molecular formula is C72H60N2O2. The summed E-state index contributed by atoms with van der Waals surface area (Å²) in [7, 11) is 0. The molecule has 4 nitrogen and oxygen atoms in total. The maximum Gasteiger partial charge on any atom is 0.119 e. The van der Waals surface area contributed by atoms with Crippen LogP contribution in [0.15, 0.2) is 218 Å². The van der Waals surface area contributed by atoms with Crippen molar-refractivity contribution in [2.45, 2.75) is 53.4 Å². The standard InChI is InChI=1S/C72H60N2O2/c1-5-7-45-75-55-37-33-53(34-38-55)73(51-29-25-47(3)26-30-51)63-43-41-61-67-57(63)21-15-23-59(67)69-65(49-17-11-9-12-18-49)72-62-42-44-64(58-22-16-24-60(68(58)62)70(72)66(71(61)69)50-19-13-10-14-20-50)74(52-31-27-48(4)28-32-52)54-35-39-56(40-36-54)76-46-8-6-2/h9-44H,5-8,45-46H2,1-4H3. The van der Waals surface area contributed by atoms with Gasteiger partial charge in [-0.25, -0.2) is 0 Å². The van der Waals surface area contributed by atoms with Crippen LogP contribution in [-0.4, -0.2) is 13.2 Å². The van der Waals surface area contributed by atoms with Gasteiger partial charge in [0, 0.05) is 33.5 Å². The van der Waals surface area contributed by atoms with E-state index in [0.29, 0.717) is 13.2 Å². The molecule has 0 fully saturated rings. The number of fused-ring (bicyclic) bond motifs is 6. The molecule has 4 heteroatoms. The summed E-state index contributed by atoms with van der Waals surface area (Å²) in [6.45, 7) is 10.1. The number of hydrogen-bond donors (Lipinski definition) is 0. The zero-order valence-electron chi connectivity index (χ0n) is 43.7. The highest BCUT2D eigenvalue weighted by Gasteiger charge is 2.30.